The monoisotopic (exact) mass is 699 g/mol. The summed E-state index contributed by atoms with van der Waals surface area (Å²) in [7, 11) is 0. The lowest BCUT2D eigenvalue weighted by molar-refractivity contribution is 1.30. The molecule has 0 aromatic heterocycles. The molecule has 0 N–H and O–H groups in total. The molecule has 0 aliphatic heterocycles. The van der Waals surface area contributed by atoms with E-state index >= 15 is 0 Å². The molecular formula is C54H37N. The van der Waals surface area contributed by atoms with Crippen molar-refractivity contribution in [2.24, 2.45) is 0 Å². The maximum Gasteiger partial charge on any atom is 0.0540 e. The van der Waals surface area contributed by atoms with Crippen LogP contribution in [0.25, 0.3) is 76.8 Å². The number of hydrogen-bond donors (Lipinski definition) is 0. The van der Waals surface area contributed by atoms with Crippen LogP contribution in [-0.4, -0.2) is 0 Å². The van der Waals surface area contributed by atoms with Crippen molar-refractivity contribution in [1.29, 1.82) is 0 Å². The summed E-state index contributed by atoms with van der Waals surface area (Å²) in [4.78, 5) is 2.39. The average molecular weight is 700 g/mol. The molecule has 1 nitrogen and oxygen atoms in total. The normalized spacial score (nSPS) is 11.3. The molecule has 0 unspecified atom stereocenters. The van der Waals surface area contributed by atoms with Crippen LogP contribution >= 0.6 is 0 Å². The molecule has 10 aromatic carbocycles. The van der Waals surface area contributed by atoms with Crippen molar-refractivity contribution in [1.82, 2.24) is 0 Å². The second kappa shape index (κ2) is 14.0. The standard InChI is InChI=1S/C54H37N/c1-2-14-45(15-3-1)54-51-19-9-7-13-43(51)31-36-52(54)44-29-34-49(35-30-44)55(53-20-10-17-42-12-6-8-18-50(42)53)48-32-27-40(28-33-48)39-21-23-41(24-22-39)47-26-25-38-11-4-5-16-46(38)37-47/h1-37H. The number of nitrogens with zero attached hydrogens (tertiary/aromatic N) is 1. The Bertz CT molecular complexity index is 2940. The van der Waals surface area contributed by atoms with E-state index in [1.165, 1.54) is 76.8 Å². The molecule has 0 aliphatic rings. The first-order chi connectivity index (χ1) is 27.3. The molecule has 1 heteroatoms. The highest BCUT2D eigenvalue weighted by Crippen LogP contribution is 2.42. The Balaban J connectivity index is 1.02. The van der Waals surface area contributed by atoms with Gasteiger partial charge in [0.1, 0.15) is 0 Å². The van der Waals surface area contributed by atoms with Gasteiger partial charge in [-0.05, 0) is 108 Å². The van der Waals surface area contributed by atoms with Gasteiger partial charge in [0, 0.05) is 16.8 Å². The number of benzene rings is 10. The Morgan fingerprint density at radius 1 is 0.255 bits per heavy atom. The van der Waals surface area contributed by atoms with Crippen LogP contribution in [-0.2, 0) is 0 Å². The van der Waals surface area contributed by atoms with Gasteiger partial charge in [0.15, 0.2) is 0 Å². The number of fused-ring (bicyclic) bond motifs is 3. The van der Waals surface area contributed by atoms with Gasteiger partial charge < -0.3 is 4.90 Å². The van der Waals surface area contributed by atoms with E-state index in [0.717, 1.165) is 17.1 Å². The fraction of sp³-hybridized carbons (Fsp3) is 0. The first-order valence-electron chi connectivity index (χ1n) is 18.9. The van der Waals surface area contributed by atoms with Gasteiger partial charge in [-0.25, -0.2) is 0 Å². The predicted molar refractivity (Wildman–Crippen MR) is 235 cm³/mol. The van der Waals surface area contributed by atoms with Gasteiger partial charge in [0.25, 0.3) is 0 Å². The van der Waals surface area contributed by atoms with Gasteiger partial charge in [0.05, 0.1) is 5.69 Å². The van der Waals surface area contributed by atoms with Crippen LogP contribution in [0.5, 0.6) is 0 Å². The van der Waals surface area contributed by atoms with E-state index in [1.807, 2.05) is 0 Å². The van der Waals surface area contributed by atoms with Gasteiger partial charge in [-0.1, -0.05) is 188 Å². The second-order valence-corrected chi connectivity index (χ2v) is 14.1. The molecule has 0 spiro atoms. The van der Waals surface area contributed by atoms with Crippen LogP contribution in [0.3, 0.4) is 0 Å². The highest BCUT2D eigenvalue weighted by atomic mass is 15.1. The minimum atomic E-state index is 1.11. The summed E-state index contributed by atoms with van der Waals surface area (Å²) >= 11 is 0. The largest absolute Gasteiger partial charge is 0.310 e. The van der Waals surface area contributed by atoms with Crippen LogP contribution in [0.15, 0.2) is 224 Å². The number of anilines is 3. The minimum absolute atomic E-state index is 1.11. The third-order valence-electron chi connectivity index (χ3n) is 10.9. The van der Waals surface area contributed by atoms with Crippen molar-refractivity contribution >= 4 is 49.4 Å². The lowest BCUT2D eigenvalue weighted by Crippen LogP contribution is -2.10. The first kappa shape index (κ1) is 32.4. The van der Waals surface area contributed by atoms with E-state index in [-0.39, 0.29) is 0 Å². The molecule has 55 heavy (non-hydrogen) atoms. The van der Waals surface area contributed by atoms with E-state index in [9.17, 15) is 0 Å². The summed E-state index contributed by atoms with van der Waals surface area (Å²) in [6.45, 7) is 0. The molecule has 0 saturated carbocycles. The minimum Gasteiger partial charge on any atom is -0.310 e. The van der Waals surface area contributed by atoms with Gasteiger partial charge in [-0.3, -0.25) is 0 Å². The maximum atomic E-state index is 2.39. The molecular weight excluding hydrogens is 663 g/mol. The Labute approximate surface area is 322 Å². The average Bonchev–Trinajstić information content (AvgIpc) is 3.27. The van der Waals surface area contributed by atoms with Crippen LogP contribution in [0.2, 0.25) is 0 Å². The molecule has 0 saturated heterocycles. The Kier molecular flexibility index (Phi) is 8.24. The van der Waals surface area contributed by atoms with Crippen molar-refractivity contribution < 1.29 is 0 Å². The van der Waals surface area contributed by atoms with E-state index < -0.39 is 0 Å². The van der Waals surface area contributed by atoms with Crippen molar-refractivity contribution in [2.75, 3.05) is 4.90 Å². The van der Waals surface area contributed by atoms with Gasteiger partial charge >= 0.3 is 0 Å². The smallest absolute Gasteiger partial charge is 0.0540 e. The summed E-state index contributed by atoms with van der Waals surface area (Å²) in [5.41, 5.74) is 13.1. The molecule has 0 amide bonds. The molecule has 10 aromatic rings. The van der Waals surface area contributed by atoms with Crippen LogP contribution < -0.4 is 4.90 Å². The fourth-order valence-corrected chi connectivity index (χ4v) is 8.08. The highest BCUT2D eigenvalue weighted by Gasteiger charge is 2.17. The van der Waals surface area contributed by atoms with Crippen LogP contribution in [0.1, 0.15) is 0 Å². The van der Waals surface area contributed by atoms with E-state index in [1.54, 1.807) is 0 Å². The lowest BCUT2D eigenvalue weighted by Gasteiger charge is -2.27. The maximum absolute atomic E-state index is 2.39. The van der Waals surface area contributed by atoms with Crippen molar-refractivity contribution in [2.45, 2.75) is 0 Å². The summed E-state index contributed by atoms with van der Waals surface area (Å²) in [6.07, 6.45) is 0. The van der Waals surface area contributed by atoms with E-state index in [2.05, 4.69) is 229 Å². The zero-order valence-electron chi connectivity index (χ0n) is 30.3. The van der Waals surface area contributed by atoms with E-state index in [4.69, 9.17) is 0 Å². The fourth-order valence-electron chi connectivity index (χ4n) is 8.08. The zero-order valence-corrected chi connectivity index (χ0v) is 30.3. The Hall–Kier alpha value is -7.22. The Morgan fingerprint density at radius 3 is 1.42 bits per heavy atom. The third kappa shape index (κ3) is 6.12. The molecule has 0 fully saturated rings. The van der Waals surface area contributed by atoms with Gasteiger partial charge in [0.2, 0.25) is 0 Å². The third-order valence-corrected chi connectivity index (χ3v) is 10.9. The molecule has 10 rings (SSSR count). The highest BCUT2D eigenvalue weighted by molar-refractivity contribution is 6.04. The molecule has 0 radical (unpaired) electrons. The summed E-state index contributed by atoms with van der Waals surface area (Å²) in [6, 6.07) is 81.4. The summed E-state index contributed by atoms with van der Waals surface area (Å²) in [5, 5.41) is 7.45. The molecule has 0 heterocycles. The first-order valence-corrected chi connectivity index (χ1v) is 18.9. The zero-order chi connectivity index (χ0) is 36.6. The summed E-state index contributed by atoms with van der Waals surface area (Å²) < 4.78 is 0. The van der Waals surface area contributed by atoms with Gasteiger partial charge in [-0.2, -0.15) is 0 Å². The van der Waals surface area contributed by atoms with Crippen LogP contribution in [0.4, 0.5) is 17.1 Å². The van der Waals surface area contributed by atoms with Gasteiger partial charge in [-0.15, -0.1) is 0 Å². The molecule has 0 bridgehead atoms. The lowest BCUT2D eigenvalue weighted by atomic mass is 9.90. The molecule has 0 aliphatic carbocycles. The topological polar surface area (TPSA) is 3.24 Å². The predicted octanol–water partition coefficient (Wildman–Crippen LogP) is 15.3. The SMILES string of the molecule is c1ccc(-c2c(-c3ccc(N(c4ccc(-c5ccc(-c6ccc7ccccc7c6)cc5)cc4)c4cccc5ccccc45)cc3)ccc3ccccc23)cc1. The molecule has 0 atom stereocenters. The number of rotatable bonds is 7. The van der Waals surface area contributed by atoms with E-state index in [0.29, 0.717) is 0 Å². The van der Waals surface area contributed by atoms with Crippen molar-refractivity contribution in [3.05, 3.63) is 224 Å². The van der Waals surface area contributed by atoms with Crippen LogP contribution in [0, 0.1) is 0 Å². The van der Waals surface area contributed by atoms with Crippen molar-refractivity contribution in [3.8, 4) is 44.5 Å². The quantitative estimate of drug-likeness (QED) is 0.160. The number of hydrogen-bond acceptors (Lipinski definition) is 1. The van der Waals surface area contributed by atoms with Crippen molar-refractivity contribution in [3.63, 3.8) is 0 Å². The molecule has 258 valence electrons. The Morgan fingerprint density at radius 2 is 0.727 bits per heavy atom. The summed E-state index contributed by atoms with van der Waals surface area (Å²) in [5.74, 6) is 0. The second-order valence-electron chi connectivity index (χ2n) is 14.1.